The van der Waals surface area contributed by atoms with Gasteiger partial charge in [0.2, 0.25) is 17.6 Å². The van der Waals surface area contributed by atoms with Crippen molar-refractivity contribution in [3.8, 4) is 11.5 Å². The molecule has 1 aliphatic heterocycles. The molecule has 108 valence electrons. The minimum atomic E-state index is 0.166. The molecule has 2 fully saturated rings. The molecule has 1 saturated heterocycles. The van der Waals surface area contributed by atoms with Crippen LogP contribution in [0.25, 0.3) is 11.5 Å². The number of carbonyl (C=O) groups is 1. The highest BCUT2D eigenvalue weighted by Gasteiger charge is 2.39. The zero-order chi connectivity index (χ0) is 14.2. The first kappa shape index (κ1) is 12.5. The van der Waals surface area contributed by atoms with Crippen LogP contribution in [0.1, 0.15) is 31.1 Å². The summed E-state index contributed by atoms with van der Waals surface area (Å²) in [6, 6.07) is 5.59. The summed E-state index contributed by atoms with van der Waals surface area (Å²) in [5.41, 5.74) is 0.703. The first-order valence-electron chi connectivity index (χ1n) is 7.35. The average molecular weight is 284 g/mol. The second-order valence-electron chi connectivity index (χ2n) is 5.74. The monoisotopic (exact) mass is 284 g/mol. The van der Waals surface area contributed by atoms with E-state index < -0.39 is 0 Å². The number of amides is 1. The van der Waals surface area contributed by atoms with E-state index in [1.54, 1.807) is 6.20 Å². The van der Waals surface area contributed by atoms with Gasteiger partial charge in [-0.15, -0.1) is 0 Å². The summed E-state index contributed by atoms with van der Waals surface area (Å²) in [6.07, 6.45) is 4.98. The topological polar surface area (TPSA) is 72.1 Å². The molecule has 6 heteroatoms. The maximum absolute atomic E-state index is 12.1. The highest BCUT2D eigenvalue weighted by Crippen LogP contribution is 2.33. The fraction of sp³-hybridized carbons (Fsp3) is 0.467. The molecular formula is C15H16N4O2. The molecule has 4 rings (SSSR count). The zero-order valence-corrected chi connectivity index (χ0v) is 11.6. The molecule has 0 bridgehead atoms. The number of rotatable bonds is 3. The molecule has 1 amide bonds. The summed E-state index contributed by atoms with van der Waals surface area (Å²) in [7, 11) is 0. The Labute approximate surface area is 122 Å². The van der Waals surface area contributed by atoms with Crippen LogP contribution < -0.4 is 0 Å². The summed E-state index contributed by atoms with van der Waals surface area (Å²) in [6.45, 7) is 1.39. The second-order valence-corrected chi connectivity index (χ2v) is 5.74. The van der Waals surface area contributed by atoms with Crippen molar-refractivity contribution in [3.05, 3.63) is 30.3 Å². The van der Waals surface area contributed by atoms with Crippen molar-refractivity contribution >= 4 is 5.91 Å². The molecule has 3 heterocycles. The van der Waals surface area contributed by atoms with Crippen LogP contribution in [0.2, 0.25) is 0 Å². The van der Waals surface area contributed by atoms with Crippen molar-refractivity contribution in [2.24, 2.45) is 5.92 Å². The molecule has 2 aromatic heterocycles. The molecule has 0 aromatic carbocycles. The van der Waals surface area contributed by atoms with Gasteiger partial charge >= 0.3 is 0 Å². The Morgan fingerprint density at radius 3 is 2.81 bits per heavy atom. The molecule has 0 spiro atoms. The Bertz CT molecular complexity index is 645. The van der Waals surface area contributed by atoms with Gasteiger partial charge in [-0.25, -0.2) is 0 Å². The quantitative estimate of drug-likeness (QED) is 0.860. The number of hydrogen-bond donors (Lipinski definition) is 0. The maximum atomic E-state index is 12.1. The SMILES string of the molecule is O=C(C1CCC1)N1CC(c2nc(-c3ccccn3)no2)C1. The van der Waals surface area contributed by atoms with Crippen LogP contribution in [0.5, 0.6) is 0 Å². The summed E-state index contributed by atoms with van der Waals surface area (Å²) >= 11 is 0. The number of carbonyl (C=O) groups excluding carboxylic acids is 1. The van der Waals surface area contributed by atoms with Gasteiger partial charge < -0.3 is 9.42 Å². The molecule has 0 radical (unpaired) electrons. The van der Waals surface area contributed by atoms with E-state index in [4.69, 9.17) is 4.52 Å². The lowest BCUT2D eigenvalue weighted by Gasteiger charge is -2.41. The van der Waals surface area contributed by atoms with Gasteiger partial charge in [-0.05, 0) is 25.0 Å². The van der Waals surface area contributed by atoms with Crippen molar-refractivity contribution in [3.63, 3.8) is 0 Å². The molecule has 2 aliphatic rings. The van der Waals surface area contributed by atoms with Crippen LogP contribution in [0, 0.1) is 5.92 Å². The van der Waals surface area contributed by atoms with Crippen molar-refractivity contribution in [2.75, 3.05) is 13.1 Å². The van der Waals surface area contributed by atoms with Gasteiger partial charge in [0.25, 0.3) is 0 Å². The largest absolute Gasteiger partial charge is 0.341 e. The van der Waals surface area contributed by atoms with Crippen LogP contribution in [-0.2, 0) is 4.79 Å². The van der Waals surface area contributed by atoms with Crippen LogP contribution in [0.3, 0.4) is 0 Å². The molecule has 0 atom stereocenters. The Morgan fingerprint density at radius 2 is 2.14 bits per heavy atom. The highest BCUT2D eigenvalue weighted by molar-refractivity contribution is 5.80. The van der Waals surface area contributed by atoms with E-state index >= 15 is 0 Å². The number of aromatic nitrogens is 3. The third-order valence-corrected chi connectivity index (χ3v) is 4.33. The van der Waals surface area contributed by atoms with E-state index in [9.17, 15) is 4.79 Å². The molecule has 1 aliphatic carbocycles. The van der Waals surface area contributed by atoms with Gasteiger partial charge in [-0.2, -0.15) is 4.98 Å². The van der Waals surface area contributed by atoms with Crippen molar-refractivity contribution in [2.45, 2.75) is 25.2 Å². The second kappa shape index (κ2) is 4.95. The lowest BCUT2D eigenvalue weighted by atomic mass is 9.83. The van der Waals surface area contributed by atoms with Crippen molar-refractivity contribution in [1.29, 1.82) is 0 Å². The summed E-state index contributed by atoms with van der Waals surface area (Å²) < 4.78 is 5.31. The minimum Gasteiger partial charge on any atom is -0.341 e. The highest BCUT2D eigenvalue weighted by atomic mass is 16.5. The number of likely N-dealkylation sites (tertiary alicyclic amines) is 1. The van der Waals surface area contributed by atoms with E-state index in [1.165, 1.54) is 6.42 Å². The molecular weight excluding hydrogens is 268 g/mol. The normalized spacial score (nSPS) is 19.1. The standard InChI is InChI=1S/C15H16N4O2/c20-15(10-4-3-5-10)19-8-11(9-19)14-17-13(18-21-14)12-6-1-2-7-16-12/h1-2,6-7,10-11H,3-5,8-9H2. The molecule has 0 unspecified atom stereocenters. The number of hydrogen-bond acceptors (Lipinski definition) is 5. The van der Waals surface area contributed by atoms with Crippen LogP contribution in [0.15, 0.2) is 28.9 Å². The summed E-state index contributed by atoms with van der Waals surface area (Å²) in [4.78, 5) is 22.6. The van der Waals surface area contributed by atoms with E-state index in [0.29, 0.717) is 36.4 Å². The van der Waals surface area contributed by atoms with Gasteiger partial charge in [0, 0.05) is 25.2 Å². The first-order chi connectivity index (χ1) is 10.3. The predicted octanol–water partition coefficient (Wildman–Crippen LogP) is 1.86. The van der Waals surface area contributed by atoms with E-state index in [1.807, 2.05) is 23.1 Å². The lowest BCUT2D eigenvalue weighted by molar-refractivity contribution is -0.143. The van der Waals surface area contributed by atoms with Crippen LogP contribution >= 0.6 is 0 Å². The molecule has 1 saturated carbocycles. The first-order valence-corrected chi connectivity index (χ1v) is 7.35. The van der Waals surface area contributed by atoms with Crippen molar-refractivity contribution < 1.29 is 9.32 Å². The molecule has 2 aromatic rings. The molecule has 6 nitrogen and oxygen atoms in total. The predicted molar refractivity (Wildman–Crippen MR) is 74.2 cm³/mol. The van der Waals surface area contributed by atoms with E-state index in [2.05, 4.69) is 15.1 Å². The third-order valence-electron chi connectivity index (χ3n) is 4.33. The third kappa shape index (κ3) is 2.20. The maximum Gasteiger partial charge on any atom is 0.233 e. The summed E-state index contributed by atoms with van der Waals surface area (Å²) in [5, 5.41) is 3.97. The van der Waals surface area contributed by atoms with E-state index in [0.717, 1.165) is 12.8 Å². The van der Waals surface area contributed by atoms with Gasteiger partial charge in [0.05, 0.1) is 5.92 Å². The number of nitrogens with zero attached hydrogens (tertiary/aromatic N) is 4. The fourth-order valence-corrected chi connectivity index (χ4v) is 2.73. The average Bonchev–Trinajstić information content (AvgIpc) is 2.85. The summed E-state index contributed by atoms with van der Waals surface area (Å²) in [5.74, 6) is 1.83. The van der Waals surface area contributed by atoms with Crippen molar-refractivity contribution in [1.82, 2.24) is 20.0 Å². The zero-order valence-electron chi connectivity index (χ0n) is 11.6. The number of pyridine rings is 1. The fourth-order valence-electron chi connectivity index (χ4n) is 2.73. The lowest BCUT2D eigenvalue weighted by Crippen LogP contribution is -2.51. The van der Waals surface area contributed by atoms with Gasteiger partial charge in [-0.3, -0.25) is 9.78 Å². The molecule has 0 N–H and O–H groups in total. The van der Waals surface area contributed by atoms with Gasteiger partial charge in [-0.1, -0.05) is 17.6 Å². The van der Waals surface area contributed by atoms with Crippen LogP contribution in [0.4, 0.5) is 0 Å². The van der Waals surface area contributed by atoms with E-state index in [-0.39, 0.29) is 11.8 Å². The Hall–Kier alpha value is -2.24. The smallest absolute Gasteiger partial charge is 0.233 e. The van der Waals surface area contributed by atoms with Gasteiger partial charge in [0.1, 0.15) is 5.69 Å². The Balaban J connectivity index is 1.40. The van der Waals surface area contributed by atoms with Gasteiger partial charge in [0.15, 0.2) is 0 Å². The minimum absolute atomic E-state index is 0.166. The molecule has 21 heavy (non-hydrogen) atoms. The van der Waals surface area contributed by atoms with Crippen LogP contribution in [-0.4, -0.2) is 39.0 Å². The Kier molecular flexibility index (Phi) is 2.94. The Morgan fingerprint density at radius 1 is 1.29 bits per heavy atom.